The van der Waals surface area contributed by atoms with E-state index in [2.05, 4.69) is 5.32 Å². The number of anilines is 1. The Bertz CT molecular complexity index is 923. The number of benzene rings is 2. The number of amides is 1. The van der Waals surface area contributed by atoms with Crippen molar-refractivity contribution in [2.24, 2.45) is 0 Å². The second-order valence-electron chi connectivity index (χ2n) is 6.11. The lowest BCUT2D eigenvalue weighted by Crippen LogP contribution is -2.23. The predicted molar refractivity (Wildman–Crippen MR) is 99.4 cm³/mol. The largest absolute Gasteiger partial charge is 0.319 e. The lowest BCUT2D eigenvalue weighted by molar-refractivity contribution is -0.112. The SMILES string of the molecule is Cc1ccc(-n2c(C)cc(C(=O)C(=O)Nc3ccccc3)c2C)cc1. The maximum Gasteiger partial charge on any atom is 0.296 e. The molecule has 2 aromatic carbocycles. The summed E-state index contributed by atoms with van der Waals surface area (Å²) in [7, 11) is 0. The third-order valence-electron chi connectivity index (χ3n) is 4.21. The van der Waals surface area contributed by atoms with Crippen molar-refractivity contribution in [3.63, 3.8) is 0 Å². The van der Waals surface area contributed by atoms with Gasteiger partial charge in [0.25, 0.3) is 11.7 Å². The fraction of sp³-hybridized carbons (Fsp3) is 0.143. The number of Topliss-reactive ketones (excluding diaryl/α,β-unsaturated/α-hetero) is 1. The standard InChI is InChI=1S/C21H20N2O2/c1-14-9-11-18(12-10-14)23-15(2)13-19(16(23)3)20(24)21(25)22-17-7-5-4-6-8-17/h4-13H,1-3H3,(H,22,25). The van der Waals surface area contributed by atoms with Gasteiger partial charge in [0.15, 0.2) is 0 Å². The molecule has 4 heteroatoms. The van der Waals surface area contributed by atoms with Crippen molar-refractivity contribution >= 4 is 17.4 Å². The van der Waals surface area contributed by atoms with E-state index < -0.39 is 11.7 Å². The summed E-state index contributed by atoms with van der Waals surface area (Å²) in [6.45, 7) is 5.82. The van der Waals surface area contributed by atoms with E-state index in [-0.39, 0.29) is 0 Å². The molecule has 25 heavy (non-hydrogen) atoms. The molecule has 0 radical (unpaired) electrons. The van der Waals surface area contributed by atoms with Gasteiger partial charge in [-0.25, -0.2) is 0 Å². The van der Waals surface area contributed by atoms with Crippen LogP contribution in [0.5, 0.6) is 0 Å². The predicted octanol–water partition coefficient (Wildman–Crippen LogP) is 4.22. The molecule has 3 aromatic rings. The number of hydrogen-bond acceptors (Lipinski definition) is 2. The molecule has 1 amide bonds. The highest BCUT2D eigenvalue weighted by molar-refractivity contribution is 6.46. The highest BCUT2D eigenvalue weighted by Crippen LogP contribution is 2.22. The quantitative estimate of drug-likeness (QED) is 0.574. The lowest BCUT2D eigenvalue weighted by Gasteiger charge is -2.10. The minimum atomic E-state index is -0.629. The zero-order valence-corrected chi connectivity index (χ0v) is 14.5. The number of carbonyl (C=O) groups is 2. The van der Waals surface area contributed by atoms with Crippen LogP contribution in [0, 0.1) is 20.8 Å². The van der Waals surface area contributed by atoms with E-state index >= 15 is 0 Å². The molecule has 0 aliphatic heterocycles. The van der Waals surface area contributed by atoms with Gasteiger partial charge in [0.2, 0.25) is 0 Å². The molecule has 0 saturated carbocycles. The van der Waals surface area contributed by atoms with Gasteiger partial charge in [-0.1, -0.05) is 35.9 Å². The minimum Gasteiger partial charge on any atom is -0.319 e. The van der Waals surface area contributed by atoms with Crippen LogP contribution in [0.1, 0.15) is 27.3 Å². The minimum absolute atomic E-state index is 0.423. The number of nitrogens with zero attached hydrogens (tertiary/aromatic N) is 1. The Hall–Kier alpha value is -3.14. The van der Waals surface area contributed by atoms with E-state index in [0.717, 1.165) is 17.1 Å². The van der Waals surface area contributed by atoms with Crippen LogP contribution in [-0.4, -0.2) is 16.3 Å². The van der Waals surface area contributed by atoms with Crippen molar-refractivity contribution in [3.05, 3.63) is 83.2 Å². The van der Waals surface area contributed by atoms with Gasteiger partial charge in [-0.15, -0.1) is 0 Å². The number of para-hydroxylation sites is 1. The molecule has 0 spiro atoms. The lowest BCUT2D eigenvalue weighted by atomic mass is 10.1. The Kier molecular flexibility index (Phi) is 4.52. The maximum absolute atomic E-state index is 12.6. The molecule has 1 N–H and O–H groups in total. The molecule has 4 nitrogen and oxygen atoms in total. The molecule has 0 unspecified atom stereocenters. The van der Waals surface area contributed by atoms with Gasteiger partial charge in [-0.2, -0.15) is 0 Å². The molecule has 126 valence electrons. The molecular weight excluding hydrogens is 312 g/mol. The van der Waals surface area contributed by atoms with Crippen molar-refractivity contribution in [2.45, 2.75) is 20.8 Å². The molecule has 0 aliphatic rings. The van der Waals surface area contributed by atoms with E-state index in [1.165, 1.54) is 5.56 Å². The third kappa shape index (κ3) is 3.38. The van der Waals surface area contributed by atoms with Gasteiger partial charge in [0.1, 0.15) is 0 Å². The Balaban J connectivity index is 1.90. The summed E-state index contributed by atoms with van der Waals surface area (Å²) in [5.41, 5.74) is 4.85. The molecule has 1 heterocycles. The fourth-order valence-corrected chi connectivity index (χ4v) is 2.92. The summed E-state index contributed by atoms with van der Waals surface area (Å²) in [5, 5.41) is 2.65. The monoisotopic (exact) mass is 332 g/mol. The van der Waals surface area contributed by atoms with Gasteiger partial charge < -0.3 is 9.88 Å². The molecule has 0 bridgehead atoms. The number of aryl methyl sites for hydroxylation is 2. The number of aromatic nitrogens is 1. The summed E-state index contributed by atoms with van der Waals surface area (Å²) in [6, 6.07) is 18.8. The molecule has 1 aromatic heterocycles. The summed E-state index contributed by atoms with van der Waals surface area (Å²) in [4.78, 5) is 24.9. The van der Waals surface area contributed by atoms with Crippen LogP contribution in [0.4, 0.5) is 5.69 Å². The first-order valence-corrected chi connectivity index (χ1v) is 8.14. The van der Waals surface area contributed by atoms with Gasteiger partial charge >= 0.3 is 0 Å². The number of hydrogen-bond donors (Lipinski definition) is 1. The average molecular weight is 332 g/mol. The summed E-state index contributed by atoms with van der Waals surface area (Å²) in [5.74, 6) is -1.16. The van der Waals surface area contributed by atoms with E-state index in [1.807, 2.05) is 67.8 Å². The van der Waals surface area contributed by atoms with E-state index in [9.17, 15) is 9.59 Å². The molecule has 0 atom stereocenters. The van der Waals surface area contributed by atoms with Gasteiger partial charge in [0, 0.05) is 28.3 Å². The summed E-state index contributed by atoms with van der Waals surface area (Å²) in [6.07, 6.45) is 0. The van der Waals surface area contributed by atoms with Crippen LogP contribution < -0.4 is 5.32 Å². The second kappa shape index (κ2) is 6.77. The van der Waals surface area contributed by atoms with Crippen molar-refractivity contribution in [1.82, 2.24) is 4.57 Å². The Morgan fingerprint density at radius 2 is 1.52 bits per heavy atom. The van der Waals surface area contributed by atoms with Gasteiger partial charge in [-0.05, 0) is 51.1 Å². The van der Waals surface area contributed by atoms with Gasteiger partial charge in [-0.3, -0.25) is 9.59 Å². The van der Waals surface area contributed by atoms with Crippen molar-refractivity contribution in [1.29, 1.82) is 0 Å². The smallest absolute Gasteiger partial charge is 0.296 e. The average Bonchev–Trinajstić information content (AvgIpc) is 2.90. The number of nitrogens with one attached hydrogen (secondary N) is 1. The van der Waals surface area contributed by atoms with Crippen LogP contribution in [0.3, 0.4) is 0 Å². The molecule has 0 fully saturated rings. The summed E-state index contributed by atoms with van der Waals surface area (Å²) >= 11 is 0. The number of carbonyl (C=O) groups excluding carboxylic acids is 2. The Morgan fingerprint density at radius 3 is 2.16 bits per heavy atom. The molecular formula is C21H20N2O2. The van der Waals surface area contributed by atoms with Crippen LogP contribution >= 0.6 is 0 Å². The van der Waals surface area contributed by atoms with Crippen LogP contribution in [-0.2, 0) is 4.79 Å². The summed E-state index contributed by atoms with van der Waals surface area (Å²) < 4.78 is 1.99. The number of ketones is 1. The van der Waals surface area contributed by atoms with Crippen molar-refractivity contribution in [3.8, 4) is 5.69 Å². The van der Waals surface area contributed by atoms with Crippen LogP contribution in [0.2, 0.25) is 0 Å². The number of rotatable bonds is 4. The second-order valence-corrected chi connectivity index (χ2v) is 6.11. The zero-order valence-electron chi connectivity index (χ0n) is 14.5. The van der Waals surface area contributed by atoms with E-state index in [1.54, 1.807) is 18.2 Å². The van der Waals surface area contributed by atoms with Crippen molar-refractivity contribution < 1.29 is 9.59 Å². The molecule has 3 rings (SSSR count). The van der Waals surface area contributed by atoms with E-state index in [0.29, 0.717) is 11.3 Å². The van der Waals surface area contributed by atoms with Gasteiger partial charge in [0.05, 0.1) is 0 Å². The Labute approximate surface area is 147 Å². The molecule has 0 saturated heterocycles. The first-order chi connectivity index (χ1) is 12.0. The normalized spacial score (nSPS) is 10.5. The first kappa shape index (κ1) is 16.7. The topological polar surface area (TPSA) is 51.1 Å². The fourth-order valence-electron chi connectivity index (χ4n) is 2.92. The van der Waals surface area contributed by atoms with Crippen LogP contribution in [0.15, 0.2) is 60.7 Å². The first-order valence-electron chi connectivity index (χ1n) is 8.14. The maximum atomic E-state index is 12.6. The zero-order chi connectivity index (χ0) is 18.0. The third-order valence-corrected chi connectivity index (χ3v) is 4.21. The highest BCUT2D eigenvalue weighted by Gasteiger charge is 2.22. The van der Waals surface area contributed by atoms with E-state index in [4.69, 9.17) is 0 Å². The van der Waals surface area contributed by atoms with Crippen LogP contribution in [0.25, 0.3) is 5.69 Å². The highest BCUT2D eigenvalue weighted by atomic mass is 16.2. The Morgan fingerprint density at radius 1 is 0.880 bits per heavy atom. The van der Waals surface area contributed by atoms with Crippen molar-refractivity contribution in [2.75, 3.05) is 5.32 Å². The molecule has 0 aliphatic carbocycles.